The molecule has 0 bridgehead atoms. The van der Waals surface area contributed by atoms with Crippen LogP contribution in [-0.2, 0) is 14.6 Å². The predicted octanol–water partition coefficient (Wildman–Crippen LogP) is 1.91. The van der Waals surface area contributed by atoms with E-state index in [4.69, 9.17) is 10.4 Å². The summed E-state index contributed by atoms with van der Waals surface area (Å²) in [4.78, 5) is 23.5. The van der Waals surface area contributed by atoms with Gasteiger partial charge in [0, 0.05) is 18.9 Å². The van der Waals surface area contributed by atoms with Crippen LogP contribution in [0, 0.1) is 24.2 Å². The SMILES string of the molecule is Cc1ccc(S(=O)(=O)C2CC[C@@H](C(=O)N3CCC(F)(F)C3)C2)nn1.N#CC1(NC(=O)O)CC1. The number of aryl methyl sites for hydroxylation is 1. The molecule has 3 fully saturated rings. The van der Waals surface area contributed by atoms with Gasteiger partial charge in [0.2, 0.25) is 5.91 Å². The molecule has 13 heteroatoms. The van der Waals surface area contributed by atoms with Crippen LogP contribution in [0.3, 0.4) is 0 Å². The van der Waals surface area contributed by atoms with E-state index in [1.165, 1.54) is 6.07 Å². The van der Waals surface area contributed by atoms with Crippen LogP contribution in [-0.4, -0.2) is 70.4 Å². The molecule has 0 radical (unpaired) electrons. The lowest BCUT2D eigenvalue weighted by Crippen LogP contribution is -2.35. The number of hydrogen-bond acceptors (Lipinski definition) is 7. The number of nitrogens with zero attached hydrogens (tertiary/aromatic N) is 4. The van der Waals surface area contributed by atoms with E-state index in [0.717, 1.165) is 4.90 Å². The zero-order chi connectivity index (χ0) is 24.4. The molecule has 1 unspecified atom stereocenters. The zero-order valence-corrected chi connectivity index (χ0v) is 18.8. The van der Waals surface area contributed by atoms with E-state index >= 15 is 0 Å². The molecule has 1 aliphatic heterocycles. The molecule has 2 N–H and O–H groups in total. The summed E-state index contributed by atoms with van der Waals surface area (Å²) < 4.78 is 51.7. The molecule has 180 valence electrons. The molecule has 0 aromatic carbocycles. The summed E-state index contributed by atoms with van der Waals surface area (Å²) in [5.74, 6) is -3.71. The minimum Gasteiger partial charge on any atom is -0.465 e. The molecule has 1 aromatic heterocycles. The lowest BCUT2D eigenvalue weighted by molar-refractivity contribution is -0.135. The largest absolute Gasteiger partial charge is 0.465 e. The van der Waals surface area contributed by atoms with Crippen molar-refractivity contribution in [1.82, 2.24) is 20.4 Å². The second kappa shape index (κ2) is 9.17. The number of hydrogen-bond donors (Lipinski definition) is 2. The van der Waals surface area contributed by atoms with Crippen molar-refractivity contribution in [2.75, 3.05) is 13.1 Å². The molecule has 1 saturated heterocycles. The molecule has 4 rings (SSSR count). The summed E-state index contributed by atoms with van der Waals surface area (Å²) in [6.07, 6.45) is 0.730. The molecular weight excluding hydrogens is 460 g/mol. The van der Waals surface area contributed by atoms with Gasteiger partial charge in [-0.1, -0.05) is 0 Å². The van der Waals surface area contributed by atoms with Gasteiger partial charge >= 0.3 is 6.09 Å². The number of carboxylic acid groups (broad SMARTS) is 1. The molecule has 2 saturated carbocycles. The number of nitriles is 1. The molecule has 10 nitrogen and oxygen atoms in total. The highest BCUT2D eigenvalue weighted by Crippen LogP contribution is 2.36. The fraction of sp³-hybridized carbons (Fsp3) is 0.650. The summed E-state index contributed by atoms with van der Waals surface area (Å²) in [5.41, 5.74) is -0.116. The fourth-order valence-electron chi connectivity index (χ4n) is 3.93. The van der Waals surface area contributed by atoms with Crippen molar-refractivity contribution in [1.29, 1.82) is 5.26 Å². The van der Waals surface area contributed by atoms with Gasteiger partial charge in [-0.15, -0.1) is 5.10 Å². The minimum absolute atomic E-state index is 0.0309. The molecule has 0 spiro atoms. The third-order valence-electron chi connectivity index (χ3n) is 6.03. The maximum absolute atomic E-state index is 13.3. The Bertz CT molecular complexity index is 1050. The monoisotopic (exact) mass is 485 g/mol. The Balaban J connectivity index is 0.000000286. The van der Waals surface area contributed by atoms with Gasteiger partial charge in [0.25, 0.3) is 5.92 Å². The van der Waals surface area contributed by atoms with E-state index in [-0.39, 0.29) is 30.3 Å². The topological polar surface area (TPSA) is 153 Å². The van der Waals surface area contributed by atoms with Crippen molar-refractivity contribution in [3.63, 3.8) is 0 Å². The van der Waals surface area contributed by atoms with Gasteiger partial charge in [0.1, 0.15) is 5.54 Å². The van der Waals surface area contributed by atoms with Gasteiger partial charge in [0.15, 0.2) is 14.9 Å². The maximum atomic E-state index is 13.3. The van der Waals surface area contributed by atoms with Gasteiger partial charge in [-0.2, -0.15) is 10.4 Å². The predicted molar refractivity (Wildman–Crippen MR) is 110 cm³/mol. The van der Waals surface area contributed by atoms with Crippen molar-refractivity contribution in [2.45, 2.75) is 67.2 Å². The molecule has 1 aromatic rings. The first-order valence-corrected chi connectivity index (χ1v) is 12.1. The van der Waals surface area contributed by atoms with Crippen molar-refractivity contribution >= 4 is 21.8 Å². The number of halogens is 2. The van der Waals surface area contributed by atoms with Gasteiger partial charge in [-0.25, -0.2) is 22.0 Å². The first-order chi connectivity index (χ1) is 15.4. The Kier molecular flexibility index (Phi) is 6.88. The van der Waals surface area contributed by atoms with Crippen LogP contribution in [0.5, 0.6) is 0 Å². The van der Waals surface area contributed by atoms with Gasteiger partial charge < -0.3 is 15.3 Å². The van der Waals surface area contributed by atoms with E-state index in [1.807, 2.05) is 6.07 Å². The Hall–Kier alpha value is -2.88. The average Bonchev–Trinajstić information content (AvgIpc) is 3.16. The van der Waals surface area contributed by atoms with Crippen LogP contribution >= 0.6 is 0 Å². The Morgan fingerprint density at radius 2 is 1.94 bits per heavy atom. The number of alkyl halides is 2. The second-order valence-corrected chi connectivity index (χ2v) is 10.9. The van der Waals surface area contributed by atoms with E-state index in [9.17, 15) is 26.8 Å². The van der Waals surface area contributed by atoms with Crippen LogP contribution in [0.2, 0.25) is 0 Å². The lowest BCUT2D eigenvalue weighted by atomic mass is 10.1. The minimum atomic E-state index is -3.66. The van der Waals surface area contributed by atoms with Crippen LogP contribution in [0.25, 0.3) is 0 Å². The van der Waals surface area contributed by atoms with Crippen molar-refractivity contribution in [2.24, 2.45) is 5.92 Å². The number of aromatic nitrogens is 2. The average molecular weight is 486 g/mol. The summed E-state index contributed by atoms with van der Waals surface area (Å²) >= 11 is 0. The van der Waals surface area contributed by atoms with Crippen molar-refractivity contribution in [3.8, 4) is 6.07 Å². The van der Waals surface area contributed by atoms with Crippen LogP contribution in [0.15, 0.2) is 17.2 Å². The third kappa shape index (κ3) is 5.93. The number of sulfone groups is 1. The maximum Gasteiger partial charge on any atom is 0.405 e. The highest BCUT2D eigenvalue weighted by atomic mass is 32.2. The number of carbonyl (C=O) groups is 2. The Morgan fingerprint density at radius 1 is 1.24 bits per heavy atom. The van der Waals surface area contributed by atoms with Gasteiger partial charge in [-0.3, -0.25) is 4.79 Å². The molecule has 2 heterocycles. The smallest absolute Gasteiger partial charge is 0.405 e. The molecule has 2 amide bonds. The first kappa shape index (κ1) is 24.8. The zero-order valence-electron chi connectivity index (χ0n) is 18.0. The Morgan fingerprint density at radius 3 is 2.39 bits per heavy atom. The standard InChI is InChI=1S/C15H19F2N3O3S.C5H6N2O2/c1-10-2-5-13(19-18-10)24(22,23)12-4-3-11(8-12)14(21)20-7-6-15(16,17)9-20;6-3-5(1-2-5)7-4(8)9/h2,5,11-12H,3-4,6-9H2,1H3;7H,1-2H2,(H,8,9)/t11-,12?;/m1./s1. The number of carbonyl (C=O) groups excluding carboxylic acids is 1. The van der Waals surface area contributed by atoms with Crippen molar-refractivity contribution < 1.29 is 31.9 Å². The molecule has 2 atom stereocenters. The number of likely N-dealkylation sites (tertiary alicyclic amines) is 1. The van der Waals surface area contributed by atoms with Gasteiger partial charge in [-0.05, 0) is 51.2 Å². The summed E-state index contributed by atoms with van der Waals surface area (Å²) in [6.45, 7) is 1.17. The normalized spacial score (nSPS) is 24.8. The van der Waals surface area contributed by atoms with Crippen molar-refractivity contribution in [3.05, 3.63) is 17.8 Å². The fourth-order valence-corrected chi connectivity index (χ4v) is 5.62. The van der Waals surface area contributed by atoms with Crippen LogP contribution < -0.4 is 5.32 Å². The number of amides is 2. The summed E-state index contributed by atoms with van der Waals surface area (Å²) in [6, 6.07) is 4.88. The molecule has 33 heavy (non-hydrogen) atoms. The number of nitrogens with one attached hydrogen (secondary N) is 1. The van der Waals surface area contributed by atoms with E-state index in [1.54, 1.807) is 13.0 Å². The lowest BCUT2D eigenvalue weighted by Gasteiger charge is -2.20. The van der Waals surface area contributed by atoms with Gasteiger partial charge in [0.05, 0.1) is 23.6 Å². The highest BCUT2D eigenvalue weighted by Gasteiger charge is 2.46. The van der Waals surface area contributed by atoms with E-state index in [2.05, 4.69) is 15.5 Å². The molecular formula is C20H25F2N5O5S. The molecule has 3 aliphatic rings. The summed E-state index contributed by atoms with van der Waals surface area (Å²) in [5, 5.41) is 25.3. The van der Waals surface area contributed by atoms with E-state index < -0.39 is 45.1 Å². The first-order valence-electron chi connectivity index (χ1n) is 10.5. The van der Waals surface area contributed by atoms with Crippen LogP contribution in [0.1, 0.15) is 44.2 Å². The third-order valence-corrected chi connectivity index (χ3v) is 8.14. The second-order valence-electron chi connectivity index (χ2n) is 8.68. The quantitative estimate of drug-likeness (QED) is 0.656. The van der Waals surface area contributed by atoms with Crippen LogP contribution in [0.4, 0.5) is 13.6 Å². The number of rotatable bonds is 4. The van der Waals surface area contributed by atoms with E-state index in [0.29, 0.717) is 31.4 Å². The highest BCUT2D eigenvalue weighted by molar-refractivity contribution is 7.92. The summed E-state index contributed by atoms with van der Waals surface area (Å²) in [7, 11) is -3.66. The Labute approximate surface area is 189 Å². The molecule has 2 aliphatic carbocycles.